The number of ether oxygens (including phenoxy) is 3. The Morgan fingerprint density at radius 2 is 2.19 bits per heavy atom. The van der Waals surface area contributed by atoms with E-state index in [0.717, 1.165) is 46.3 Å². The largest absolute Gasteiger partial charge is 0.492 e. The molecule has 0 spiro atoms. The minimum absolute atomic E-state index is 0.238. The summed E-state index contributed by atoms with van der Waals surface area (Å²) in [6.45, 7) is 2.37. The molecular formula is C19H21N3O4. The van der Waals surface area contributed by atoms with Gasteiger partial charge in [-0.1, -0.05) is 6.07 Å². The summed E-state index contributed by atoms with van der Waals surface area (Å²) in [6.07, 6.45) is 1.68. The minimum atomic E-state index is -0.238. The molecule has 0 aliphatic carbocycles. The molecule has 0 unspecified atom stereocenters. The third kappa shape index (κ3) is 2.79. The maximum absolute atomic E-state index is 12.3. The van der Waals surface area contributed by atoms with Crippen LogP contribution in [0.25, 0.3) is 21.8 Å². The van der Waals surface area contributed by atoms with Gasteiger partial charge in [0.2, 0.25) is 0 Å². The van der Waals surface area contributed by atoms with Crippen molar-refractivity contribution >= 4 is 27.7 Å². The van der Waals surface area contributed by atoms with Crippen LogP contribution in [-0.2, 0) is 16.1 Å². The Bertz CT molecular complexity index is 962. The number of amides is 1. The van der Waals surface area contributed by atoms with Crippen LogP contribution in [0.15, 0.2) is 24.4 Å². The van der Waals surface area contributed by atoms with Gasteiger partial charge in [-0.15, -0.1) is 0 Å². The van der Waals surface area contributed by atoms with Gasteiger partial charge < -0.3 is 24.5 Å². The molecule has 0 atom stereocenters. The van der Waals surface area contributed by atoms with E-state index >= 15 is 0 Å². The standard InChI is InChI=1S/C19H21N3O4/c1-20-19(23)18-12(10-24-2)16-14(6-21-18)22-13-4-3-5-15(17(13)16)26-9-11-7-25-8-11/h3-6,11,22H,7-10H2,1-2H3,(H,20,23). The second kappa shape index (κ2) is 6.93. The number of carbonyl (C=O) groups excluding carboxylic acids is 1. The van der Waals surface area contributed by atoms with E-state index in [-0.39, 0.29) is 12.5 Å². The molecule has 1 saturated heterocycles. The summed E-state index contributed by atoms with van der Waals surface area (Å²) in [5.41, 5.74) is 2.90. The van der Waals surface area contributed by atoms with Gasteiger partial charge in [0.25, 0.3) is 5.91 Å². The molecule has 1 aliphatic rings. The molecule has 3 heterocycles. The number of nitrogens with zero attached hydrogens (tertiary/aromatic N) is 1. The van der Waals surface area contributed by atoms with Crippen LogP contribution in [0.1, 0.15) is 16.1 Å². The number of pyridine rings is 1. The predicted octanol–water partition coefficient (Wildman–Crippen LogP) is 2.25. The van der Waals surface area contributed by atoms with E-state index in [9.17, 15) is 4.79 Å². The number of aromatic amines is 1. The zero-order valence-electron chi connectivity index (χ0n) is 14.8. The van der Waals surface area contributed by atoms with Crippen molar-refractivity contribution in [2.75, 3.05) is 34.0 Å². The predicted molar refractivity (Wildman–Crippen MR) is 97.5 cm³/mol. The zero-order valence-corrected chi connectivity index (χ0v) is 14.8. The highest BCUT2D eigenvalue weighted by atomic mass is 16.5. The smallest absolute Gasteiger partial charge is 0.270 e. The van der Waals surface area contributed by atoms with Gasteiger partial charge >= 0.3 is 0 Å². The lowest BCUT2D eigenvalue weighted by Crippen LogP contribution is -2.32. The molecule has 4 rings (SSSR count). The lowest BCUT2D eigenvalue weighted by Gasteiger charge is -2.25. The van der Waals surface area contributed by atoms with E-state index in [1.807, 2.05) is 18.2 Å². The van der Waals surface area contributed by atoms with Gasteiger partial charge in [0, 0.05) is 36.4 Å². The number of aromatic nitrogens is 2. The minimum Gasteiger partial charge on any atom is -0.492 e. The number of rotatable bonds is 6. The first-order chi connectivity index (χ1) is 12.7. The number of carbonyl (C=O) groups is 1. The molecule has 0 saturated carbocycles. The number of nitrogens with one attached hydrogen (secondary N) is 2. The number of methoxy groups -OCH3 is 1. The summed E-state index contributed by atoms with van der Waals surface area (Å²) in [7, 11) is 3.20. The molecule has 1 aliphatic heterocycles. The molecule has 1 fully saturated rings. The summed E-state index contributed by atoms with van der Waals surface area (Å²) >= 11 is 0. The fourth-order valence-corrected chi connectivity index (χ4v) is 3.28. The highest BCUT2D eigenvalue weighted by Gasteiger charge is 2.22. The number of H-pyrrole nitrogens is 1. The van der Waals surface area contributed by atoms with Gasteiger partial charge in [-0.2, -0.15) is 0 Å². The third-order valence-electron chi connectivity index (χ3n) is 4.64. The van der Waals surface area contributed by atoms with Crippen molar-refractivity contribution in [3.8, 4) is 5.75 Å². The first kappa shape index (κ1) is 16.8. The molecule has 2 N–H and O–H groups in total. The molecule has 0 bridgehead atoms. The van der Waals surface area contributed by atoms with Gasteiger partial charge in [-0.3, -0.25) is 4.79 Å². The Balaban J connectivity index is 1.90. The van der Waals surface area contributed by atoms with Crippen molar-refractivity contribution in [3.63, 3.8) is 0 Å². The maximum atomic E-state index is 12.3. The van der Waals surface area contributed by atoms with Crippen LogP contribution in [0, 0.1) is 5.92 Å². The van der Waals surface area contributed by atoms with Crippen LogP contribution in [0.5, 0.6) is 5.75 Å². The second-order valence-corrected chi connectivity index (χ2v) is 6.40. The molecule has 1 amide bonds. The van der Waals surface area contributed by atoms with Gasteiger partial charge in [0.1, 0.15) is 11.4 Å². The van der Waals surface area contributed by atoms with Crippen LogP contribution in [-0.4, -0.2) is 49.9 Å². The molecule has 3 aromatic rings. The lowest BCUT2D eigenvalue weighted by atomic mass is 10.0. The van der Waals surface area contributed by atoms with Crippen molar-refractivity contribution in [2.45, 2.75) is 6.61 Å². The normalized spacial score (nSPS) is 14.5. The van der Waals surface area contributed by atoms with Crippen molar-refractivity contribution in [1.29, 1.82) is 0 Å². The zero-order chi connectivity index (χ0) is 18.1. The monoisotopic (exact) mass is 355 g/mol. The Hall–Kier alpha value is -2.64. The molecule has 1 aromatic carbocycles. The van der Waals surface area contributed by atoms with Gasteiger partial charge in [-0.25, -0.2) is 4.98 Å². The van der Waals surface area contributed by atoms with Gasteiger partial charge in [-0.05, 0) is 12.1 Å². The van der Waals surface area contributed by atoms with Crippen LogP contribution in [0.3, 0.4) is 0 Å². The highest BCUT2D eigenvalue weighted by Crippen LogP contribution is 2.36. The Kier molecular flexibility index (Phi) is 4.48. The Labute approximate surface area is 150 Å². The highest BCUT2D eigenvalue weighted by molar-refractivity contribution is 6.14. The molecule has 0 radical (unpaired) electrons. The molecule has 7 nitrogen and oxygen atoms in total. The first-order valence-electron chi connectivity index (χ1n) is 8.56. The SMILES string of the molecule is CNC(=O)c1ncc2[nH]c3cccc(OCC4COC4)c3c2c1COC. The van der Waals surface area contributed by atoms with Crippen molar-refractivity contribution in [3.05, 3.63) is 35.7 Å². The van der Waals surface area contributed by atoms with Gasteiger partial charge in [0.05, 0.1) is 43.7 Å². The van der Waals surface area contributed by atoms with Crippen LogP contribution in [0.2, 0.25) is 0 Å². The molecule has 7 heteroatoms. The van der Waals surface area contributed by atoms with Crippen molar-refractivity contribution < 1.29 is 19.0 Å². The summed E-state index contributed by atoms with van der Waals surface area (Å²) in [5.74, 6) is 0.974. The Morgan fingerprint density at radius 1 is 1.35 bits per heavy atom. The van der Waals surface area contributed by atoms with E-state index in [4.69, 9.17) is 14.2 Å². The average Bonchev–Trinajstić information content (AvgIpc) is 3.00. The molecule has 26 heavy (non-hydrogen) atoms. The van der Waals surface area contributed by atoms with E-state index in [2.05, 4.69) is 15.3 Å². The summed E-state index contributed by atoms with van der Waals surface area (Å²) in [4.78, 5) is 20.0. The molecule has 2 aromatic heterocycles. The fourth-order valence-electron chi connectivity index (χ4n) is 3.28. The number of hydrogen-bond donors (Lipinski definition) is 2. The number of hydrogen-bond acceptors (Lipinski definition) is 5. The van der Waals surface area contributed by atoms with Crippen molar-refractivity contribution in [1.82, 2.24) is 15.3 Å². The fraction of sp³-hybridized carbons (Fsp3) is 0.368. The summed E-state index contributed by atoms with van der Waals surface area (Å²) in [6, 6.07) is 5.89. The summed E-state index contributed by atoms with van der Waals surface area (Å²) in [5, 5.41) is 4.50. The molecular weight excluding hydrogens is 334 g/mol. The van der Waals surface area contributed by atoms with Crippen LogP contribution in [0.4, 0.5) is 0 Å². The van der Waals surface area contributed by atoms with E-state index in [0.29, 0.717) is 18.2 Å². The van der Waals surface area contributed by atoms with Crippen LogP contribution >= 0.6 is 0 Å². The topological polar surface area (TPSA) is 85.5 Å². The van der Waals surface area contributed by atoms with Gasteiger partial charge in [0.15, 0.2) is 0 Å². The number of fused-ring (bicyclic) bond motifs is 3. The summed E-state index contributed by atoms with van der Waals surface area (Å²) < 4.78 is 16.7. The van der Waals surface area contributed by atoms with E-state index < -0.39 is 0 Å². The van der Waals surface area contributed by atoms with E-state index in [1.54, 1.807) is 20.4 Å². The Morgan fingerprint density at radius 3 is 2.88 bits per heavy atom. The number of benzene rings is 1. The quantitative estimate of drug-likeness (QED) is 0.708. The van der Waals surface area contributed by atoms with Crippen LogP contribution < -0.4 is 10.1 Å². The lowest BCUT2D eigenvalue weighted by molar-refractivity contribution is -0.0506. The first-order valence-corrected chi connectivity index (χ1v) is 8.56. The maximum Gasteiger partial charge on any atom is 0.270 e. The van der Waals surface area contributed by atoms with E-state index in [1.165, 1.54) is 0 Å². The molecule has 136 valence electrons. The average molecular weight is 355 g/mol. The third-order valence-corrected chi connectivity index (χ3v) is 4.64. The van der Waals surface area contributed by atoms with Crippen molar-refractivity contribution in [2.24, 2.45) is 5.92 Å². The second-order valence-electron chi connectivity index (χ2n) is 6.40.